The minimum atomic E-state index is -0.327. The molecule has 0 atom stereocenters. The lowest BCUT2D eigenvalue weighted by Crippen LogP contribution is -2.34. The van der Waals surface area contributed by atoms with Crippen molar-refractivity contribution < 1.29 is 14.3 Å². The number of rotatable bonds is 7. The van der Waals surface area contributed by atoms with Gasteiger partial charge < -0.3 is 14.8 Å². The van der Waals surface area contributed by atoms with Gasteiger partial charge in [-0.15, -0.1) is 0 Å². The summed E-state index contributed by atoms with van der Waals surface area (Å²) < 4.78 is 11.3. The SMILES string of the molecule is CCOc1ccccc1C(=O)NC(=S)Nc1ccccc1OCC(C)C. The van der Waals surface area contributed by atoms with Crippen LogP contribution in [0.5, 0.6) is 11.5 Å². The number of hydrogen-bond donors (Lipinski definition) is 2. The van der Waals surface area contributed by atoms with Gasteiger partial charge in [0.25, 0.3) is 5.91 Å². The van der Waals surface area contributed by atoms with Gasteiger partial charge in [0, 0.05) is 0 Å². The van der Waals surface area contributed by atoms with Crippen molar-refractivity contribution in [3.8, 4) is 11.5 Å². The summed E-state index contributed by atoms with van der Waals surface area (Å²) in [5.74, 6) is 1.29. The van der Waals surface area contributed by atoms with Gasteiger partial charge in [-0.3, -0.25) is 10.1 Å². The summed E-state index contributed by atoms with van der Waals surface area (Å²) in [7, 11) is 0. The third-order valence-electron chi connectivity index (χ3n) is 3.37. The minimum Gasteiger partial charge on any atom is -0.493 e. The number of benzene rings is 2. The molecule has 0 saturated heterocycles. The Morgan fingerprint density at radius 2 is 1.69 bits per heavy atom. The van der Waals surface area contributed by atoms with Crippen LogP contribution in [-0.4, -0.2) is 24.2 Å². The number of para-hydroxylation sites is 3. The van der Waals surface area contributed by atoms with E-state index in [1.165, 1.54) is 0 Å². The molecule has 0 aliphatic carbocycles. The van der Waals surface area contributed by atoms with E-state index >= 15 is 0 Å². The second kappa shape index (κ2) is 9.77. The van der Waals surface area contributed by atoms with Crippen LogP contribution in [0.4, 0.5) is 5.69 Å². The Morgan fingerprint density at radius 1 is 1.04 bits per heavy atom. The van der Waals surface area contributed by atoms with Crippen LogP contribution in [0.15, 0.2) is 48.5 Å². The van der Waals surface area contributed by atoms with Gasteiger partial charge in [-0.05, 0) is 49.3 Å². The maximum absolute atomic E-state index is 12.5. The average Bonchev–Trinajstić information content (AvgIpc) is 2.61. The highest BCUT2D eigenvalue weighted by atomic mass is 32.1. The summed E-state index contributed by atoms with van der Waals surface area (Å²) >= 11 is 5.28. The molecule has 1 amide bonds. The Kier molecular flexibility index (Phi) is 7.41. The molecule has 2 aromatic carbocycles. The maximum atomic E-state index is 12.5. The molecule has 6 heteroatoms. The lowest BCUT2D eigenvalue weighted by Gasteiger charge is -2.16. The van der Waals surface area contributed by atoms with E-state index < -0.39 is 0 Å². The second-order valence-corrected chi connectivity index (χ2v) is 6.45. The first kappa shape index (κ1) is 19.7. The van der Waals surface area contributed by atoms with E-state index in [-0.39, 0.29) is 11.0 Å². The highest BCUT2D eigenvalue weighted by Gasteiger charge is 2.14. The number of thiocarbonyl (C=S) groups is 1. The van der Waals surface area contributed by atoms with Crippen molar-refractivity contribution in [2.75, 3.05) is 18.5 Å². The first-order valence-corrected chi connectivity index (χ1v) is 8.98. The van der Waals surface area contributed by atoms with Gasteiger partial charge in [-0.1, -0.05) is 38.1 Å². The molecule has 0 aliphatic heterocycles. The fourth-order valence-corrected chi connectivity index (χ4v) is 2.41. The summed E-state index contributed by atoms with van der Waals surface area (Å²) in [6.07, 6.45) is 0. The van der Waals surface area contributed by atoms with Crippen molar-refractivity contribution in [3.63, 3.8) is 0 Å². The molecule has 0 aliphatic rings. The van der Waals surface area contributed by atoms with Gasteiger partial charge in [-0.2, -0.15) is 0 Å². The van der Waals surface area contributed by atoms with Gasteiger partial charge in [-0.25, -0.2) is 0 Å². The van der Waals surface area contributed by atoms with Crippen molar-refractivity contribution in [2.24, 2.45) is 5.92 Å². The molecule has 26 heavy (non-hydrogen) atoms. The number of hydrogen-bond acceptors (Lipinski definition) is 4. The molecular formula is C20H24N2O3S. The van der Waals surface area contributed by atoms with Crippen molar-refractivity contribution in [2.45, 2.75) is 20.8 Å². The summed E-state index contributed by atoms with van der Waals surface area (Å²) in [4.78, 5) is 12.5. The zero-order chi connectivity index (χ0) is 18.9. The molecule has 0 unspecified atom stereocenters. The first-order valence-electron chi connectivity index (χ1n) is 8.57. The Bertz CT molecular complexity index is 762. The van der Waals surface area contributed by atoms with Gasteiger partial charge in [0.15, 0.2) is 5.11 Å². The average molecular weight is 372 g/mol. The molecule has 0 saturated carbocycles. The van der Waals surface area contributed by atoms with Crippen LogP contribution in [0.25, 0.3) is 0 Å². The predicted molar refractivity (Wildman–Crippen MR) is 108 cm³/mol. The summed E-state index contributed by atoms with van der Waals surface area (Å²) in [6, 6.07) is 14.5. The zero-order valence-electron chi connectivity index (χ0n) is 15.2. The topological polar surface area (TPSA) is 59.6 Å². The van der Waals surface area contributed by atoms with Crippen LogP contribution >= 0.6 is 12.2 Å². The molecule has 0 spiro atoms. The monoisotopic (exact) mass is 372 g/mol. The number of carbonyl (C=O) groups is 1. The molecule has 0 heterocycles. The zero-order valence-corrected chi connectivity index (χ0v) is 16.1. The highest BCUT2D eigenvalue weighted by molar-refractivity contribution is 7.80. The normalized spacial score (nSPS) is 10.3. The van der Waals surface area contributed by atoms with E-state index in [1.807, 2.05) is 37.3 Å². The molecular weight excluding hydrogens is 348 g/mol. The molecule has 2 rings (SSSR count). The van der Waals surface area contributed by atoms with Crippen LogP contribution in [0.2, 0.25) is 0 Å². The number of carbonyl (C=O) groups excluding carboxylic acids is 1. The van der Waals surface area contributed by atoms with Crippen LogP contribution in [-0.2, 0) is 0 Å². The number of ether oxygens (including phenoxy) is 2. The van der Waals surface area contributed by atoms with Crippen molar-refractivity contribution in [3.05, 3.63) is 54.1 Å². The predicted octanol–water partition coefficient (Wildman–Crippen LogP) is 4.25. The standard InChI is InChI=1S/C20H24N2O3S/c1-4-24-17-11-7-5-9-15(17)19(23)22-20(26)21-16-10-6-8-12-18(16)25-13-14(2)3/h5-12,14H,4,13H2,1-3H3,(H2,21,22,23,26). The van der Waals surface area contributed by atoms with Crippen LogP contribution in [0.3, 0.4) is 0 Å². The molecule has 2 N–H and O–H groups in total. The molecule has 0 radical (unpaired) electrons. The van der Waals surface area contributed by atoms with E-state index in [9.17, 15) is 4.79 Å². The fraction of sp³-hybridized carbons (Fsp3) is 0.300. The first-order chi connectivity index (χ1) is 12.5. The van der Waals surface area contributed by atoms with Gasteiger partial charge >= 0.3 is 0 Å². The Labute approximate surface area is 159 Å². The Morgan fingerprint density at radius 3 is 2.38 bits per heavy atom. The number of nitrogens with one attached hydrogen (secondary N) is 2. The Hall–Kier alpha value is -2.60. The molecule has 0 bridgehead atoms. The van der Waals surface area contributed by atoms with Gasteiger partial charge in [0.2, 0.25) is 0 Å². The Balaban J connectivity index is 2.04. The number of anilines is 1. The minimum absolute atomic E-state index is 0.196. The number of amides is 1. The van der Waals surface area contributed by atoms with Crippen molar-refractivity contribution in [1.29, 1.82) is 0 Å². The largest absolute Gasteiger partial charge is 0.493 e. The third-order valence-corrected chi connectivity index (χ3v) is 3.57. The lowest BCUT2D eigenvalue weighted by atomic mass is 10.2. The van der Waals surface area contributed by atoms with Crippen LogP contribution in [0, 0.1) is 5.92 Å². The smallest absolute Gasteiger partial charge is 0.261 e. The molecule has 5 nitrogen and oxygen atoms in total. The second-order valence-electron chi connectivity index (χ2n) is 6.04. The molecule has 138 valence electrons. The highest BCUT2D eigenvalue weighted by Crippen LogP contribution is 2.24. The van der Waals surface area contributed by atoms with Crippen LogP contribution in [0.1, 0.15) is 31.1 Å². The van der Waals surface area contributed by atoms with E-state index in [0.29, 0.717) is 41.9 Å². The van der Waals surface area contributed by atoms with E-state index in [2.05, 4.69) is 24.5 Å². The van der Waals surface area contributed by atoms with E-state index in [0.717, 1.165) is 0 Å². The molecule has 0 fully saturated rings. The van der Waals surface area contributed by atoms with E-state index in [4.69, 9.17) is 21.7 Å². The summed E-state index contributed by atoms with van der Waals surface area (Å²) in [5.41, 5.74) is 1.14. The fourth-order valence-electron chi connectivity index (χ4n) is 2.21. The van der Waals surface area contributed by atoms with Crippen LogP contribution < -0.4 is 20.1 Å². The maximum Gasteiger partial charge on any atom is 0.261 e. The third kappa shape index (κ3) is 5.74. The lowest BCUT2D eigenvalue weighted by molar-refractivity contribution is 0.0974. The molecule has 0 aromatic heterocycles. The summed E-state index contributed by atoms with van der Waals surface area (Å²) in [6.45, 7) is 7.11. The quantitative estimate of drug-likeness (QED) is 0.712. The van der Waals surface area contributed by atoms with Gasteiger partial charge in [0.05, 0.1) is 24.5 Å². The van der Waals surface area contributed by atoms with Gasteiger partial charge in [0.1, 0.15) is 11.5 Å². The molecule has 2 aromatic rings. The van der Waals surface area contributed by atoms with E-state index in [1.54, 1.807) is 18.2 Å². The summed E-state index contributed by atoms with van der Waals surface area (Å²) in [5, 5.41) is 5.90. The van der Waals surface area contributed by atoms with Crippen molar-refractivity contribution >= 4 is 28.9 Å². The van der Waals surface area contributed by atoms with Crippen molar-refractivity contribution in [1.82, 2.24) is 5.32 Å².